The minimum atomic E-state index is -3.29. The fourth-order valence-corrected chi connectivity index (χ4v) is 2.08. The highest BCUT2D eigenvalue weighted by Crippen LogP contribution is 2.13. The summed E-state index contributed by atoms with van der Waals surface area (Å²) in [6.45, 7) is 1.64. The van der Waals surface area contributed by atoms with Gasteiger partial charge in [-0.15, -0.1) is 0 Å². The summed E-state index contributed by atoms with van der Waals surface area (Å²) in [6, 6.07) is 3.95. The smallest absolute Gasteiger partial charge is 0.326 e. The molecule has 1 aromatic carbocycles. The van der Waals surface area contributed by atoms with E-state index in [0.29, 0.717) is 5.69 Å². The predicted molar refractivity (Wildman–Crippen MR) is 73.4 cm³/mol. The maximum Gasteiger partial charge on any atom is 0.326 e. The van der Waals surface area contributed by atoms with Crippen LogP contribution in [0.3, 0.4) is 0 Å². The van der Waals surface area contributed by atoms with Crippen molar-refractivity contribution in [1.29, 1.82) is 0 Å². The molecule has 0 spiro atoms. The topological polar surface area (TPSA) is 113 Å². The maximum atomic E-state index is 11.6. The summed E-state index contributed by atoms with van der Waals surface area (Å²) in [5, 5.41) is 13.5. The quantitative estimate of drug-likeness (QED) is 0.753. The average molecular weight is 300 g/mol. The van der Waals surface area contributed by atoms with Gasteiger partial charge in [-0.05, 0) is 30.7 Å². The predicted octanol–water partition coefficient (Wildman–Crippen LogP) is 1.07. The van der Waals surface area contributed by atoms with E-state index in [-0.39, 0.29) is 11.3 Å². The van der Waals surface area contributed by atoms with Crippen LogP contribution in [0.25, 0.3) is 0 Å². The van der Waals surface area contributed by atoms with Gasteiger partial charge in [0.25, 0.3) is 0 Å². The standard InChI is InChI=1S/C12H16N2O5S/c1-3-10(11(15)16)14-12(17)13-8-4-6-9(7-5-8)20(2,18)19/h4-7,10H,3H2,1-2H3,(H,15,16)(H2,13,14,17)/t10-/m0/s1. The van der Waals surface area contributed by atoms with Crippen molar-refractivity contribution in [2.24, 2.45) is 0 Å². The molecule has 7 nitrogen and oxygen atoms in total. The van der Waals surface area contributed by atoms with Gasteiger partial charge in [0.05, 0.1) is 4.90 Å². The Morgan fingerprint density at radius 3 is 2.20 bits per heavy atom. The number of rotatable bonds is 5. The molecule has 2 amide bonds. The molecular formula is C12H16N2O5S. The molecule has 0 aliphatic rings. The molecular weight excluding hydrogens is 284 g/mol. The third-order valence-electron chi connectivity index (χ3n) is 2.55. The summed E-state index contributed by atoms with van der Waals surface area (Å²) in [7, 11) is -3.29. The van der Waals surface area contributed by atoms with Crippen LogP contribution in [0.1, 0.15) is 13.3 Å². The van der Waals surface area contributed by atoms with E-state index in [0.717, 1.165) is 6.26 Å². The number of carboxylic acid groups (broad SMARTS) is 1. The van der Waals surface area contributed by atoms with Crippen molar-refractivity contribution in [2.75, 3.05) is 11.6 Å². The molecule has 0 saturated heterocycles. The summed E-state index contributed by atoms with van der Waals surface area (Å²) in [5.74, 6) is -1.12. The van der Waals surface area contributed by atoms with Crippen LogP contribution in [0.2, 0.25) is 0 Å². The van der Waals surface area contributed by atoms with Crippen LogP contribution < -0.4 is 10.6 Å². The number of urea groups is 1. The number of hydrogen-bond acceptors (Lipinski definition) is 4. The van der Waals surface area contributed by atoms with Crippen molar-refractivity contribution < 1.29 is 23.1 Å². The van der Waals surface area contributed by atoms with Gasteiger partial charge in [-0.2, -0.15) is 0 Å². The third-order valence-corrected chi connectivity index (χ3v) is 3.68. The van der Waals surface area contributed by atoms with Gasteiger partial charge in [-0.25, -0.2) is 18.0 Å². The molecule has 8 heteroatoms. The molecule has 0 saturated carbocycles. The first-order chi connectivity index (χ1) is 9.24. The van der Waals surface area contributed by atoms with E-state index in [1.165, 1.54) is 24.3 Å². The number of amides is 2. The summed E-state index contributed by atoms with van der Waals surface area (Å²) < 4.78 is 22.5. The van der Waals surface area contributed by atoms with Gasteiger partial charge < -0.3 is 15.7 Å². The lowest BCUT2D eigenvalue weighted by molar-refractivity contribution is -0.139. The molecule has 0 aliphatic heterocycles. The number of hydrogen-bond donors (Lipinski definition) is 3. The monoisotopic (exact) mass is 300 g/mol. The minimum Gasteiger partial charge on any atom is -0.480 e. The lowest BCUT2D eigenvalue weighted by atomic mass is 10.2. The zero-order valence-electron chi connectivity index (χ0n) is 11.1. The van der Waals surface area contributed by atoms with Crippen LogP contribution in [-0.4, -0.2) is 37.8 Å². The molecule has 0 unspecified atom stereocenters. The van der Waals surface area contributed by atoms with Crippen LogP contribution in [-0.2, 0) is 14.6 Å². The number of carbonyl (C=O) groups is 2. The second kappa shape index (κ2) is 6.38. The van der Waals surface area contributed by atoms with Gasteiger partial charge in [0, 0.05) is 11.9 Å². The molecule has 0 radical (unpaired) electrons. The largest absolute Gasteiger partial charge is 0.480 e. The fourth-order valence-electron chi connectivity index (χ4n) is 1.45. The van der Waals surface area contributed by atoms with E-state index in [1.54, 1.807) is 6.92 Å². The first-order valence-corrected chi connectivity index (χ1v) is 7.73. The lowest BCUT2D eigenvalue weighted by Crippen LogP contribution is -2.42. The first-order valence-electron chi connectivity index (χ1n) is 5.84. The maximum absolute atomic E-state index is 11.6. The van der Waals surface area contributed by atoms with Gasteiger partial charge in [-0.3, -0.25) is 0 Å². The Labute approximate surface area is 116 Å². The number of nitrogens with one attached hydrogen (secondary N) is 2. The Hall–Kier alpha value is -2.09. The molecule has 0 bridgehead atoms. The number of benzene rings is 1. The summed E-state index contributed by atoms with van der Waals surface area (Å²) in [5.41, 5.74) is 0.371. The minimum absolute atomic E-state index is 0.139. The molecule has 1 atom stereocenters. The van der Waals surface area contributed by atoms with E-state index >= 15 is 0 Å². The summed E-state index contributed by atoms with van der Waals surface area (Å²) in [4.78, 5) is 22.5. The molecule has 1 rings (SSSR count). The fraction of sp³-hybridized carbons (Fsp3) is 0.333. The molecule has 1 aromatic rings. The third kappa shape index (κ3) is 4.54. The van der Waals surface area contributed by atoms with E-state index in [2.05, 4.69) is 10.6 Å². The van der Waals surface area contributed by atoms with Crippen LogP contribution in [0.5, 0.6) is 0 Å². The van der Waals surface area contributed by atoms with Crippen molar-refractivity contribution in [1.82, 2.24) is 5.32 Å². The first kappa shape index (κ1) is 16.0. The van der Waals surface area contributed by atoms with E-state index in [1.807, 2.05) is 0 Å². The molecule has 3 N–H and O–H groups in total. The second-order valence-corrected chi connectivity index (χ2v) is 6.21. The van der Waals surface area contributed by atoms with Crippen LogP contribution in [0, 0.1) is 0 Å². The van der Waals surface area contributed by atoms with E-state index in [9.17, 15) is 18.0 Å². The van der Waals surface area contributed by atoms with Gasteiger partial charge in [-0.1, -0.05) is 6.92 Å². The molecule has 110 valence electrons. The zero-order chi connectivity index (χ0) is 15.3. The Bertz CT molecular complexity index is 595. The van der Waals surface area contributed by atoms with Crippen LogP contribution in [0.4, 0.5) is 10.5 Å². The molecule has 20 heavy (non-hydrogen) atoms. The summed E-state index contributed by atoms with van der Waals surface area (Å²) in [6.07, 6.45) is 1.34. The normalized spacial score (nSPS) is 12.5. The highest BCUT2D eigenvalue weighted by molar-refractivity contribution is 7.90. The molecule has 0 aliphatic carbocycles. The van der Waals surface area contributed by atoms with Crippen molar-refractivity contribution in [3.63, 3.8) is 0 Å². The Morgan fingerprint density at radius 2 is 1.80 bits per heavy atom. The number of anilines is 1. The van der Waals surface area contributed by atoms with Crippen molar-refractivity contribution in [3.05, 3.63) is 24.3 Å². The number of aliphatic carboxylic acids is 1. The molecule has 0 heterocycles. The van der Waals surface area contributed by atoms with Crippen molar-refractivity contribution in [2.45, 2.75) is 24.3 Å². The van der Waals surface area contributed by atoms with E-state index in [4.69, 9.17) is 5.11 Å². The number of sulfone groups is 1. The Balaban J connectivity index is 2.70. The van der Waals surface area contributed by atoms with Crippen LogP contribution in [0.15, 0.2) is 29.2 Å². The van der Waals surface area contributed by atoms with Gasteiger partial charge in [0.15, 0.2) is 9.84 Å². The van der Waals surface area contributed by atoms with Gasteiger partial charge in [0.1, 0.15) is 6.04 Å². The van der Waals surface area contributed by atoms with Crippen molar-refractivity contribution >= 4 is 27.5 Å². The lowest BCUT2D eigenvalue weighted by Gasteiger charge is -2.13. The van der Waals surface area contributed by atoms with Gasteiger partial charge in [0.2, 0.25) is 0 Å². The molecule has 0 aromatic heterocycles. The summed E-state index contributed by atoms with van der Waals surface area (Å²) >= 11 is 0. The number of carboxylic acids is 1. The van der Waals surface area contributed by atoms with Crippen molar-refractivity contribution in [3.8, 4) is 0 Å². The zero-order valence-corrected chi connectivity index (χ0v) is 11.9. The SMILES string of the molecule is CC[C@H](NC(=O)Nc1ccc(S(C)(=O)=O)cc1)C(=O)O. The second-order valence-electron chi connectivity index (χ2n) is 4.19. The molecule has 0 fully saturated rings. The van der Waals surface area contributed by atoms with Gasteiger partial charge >= 0.3 is 12.0 Å². The Morgan fingerprint density at radius 1 is 1.25 bits per heavy atom. The highest BCUT2D eigenvalue weighted by atomic mass is 32.2. The highest BCUT2D eigenvalue weighted by Gasteiger charge is 2.17. The van der Waals surface area contributed by atoms with E-state index < -0.39 is 27.9 Å². The number of carbonyl (C=O) groups excluding carboxylic acids is 1. The average Bonchev–Trinajstić information content (AvgIpc) is 2.35. The Kier molecular flexibility index (Phi) is 5.09. The van der Waals surface area contributed by atoms with Crippen LogP contribution >= 0.6 is 0 Å².